The number of hydrogen-bond acceptors (Lipinski definition) is 4. The van der Waals surface area contributed by atoms with E-state index in [1.807, 2.05) is 0 Å². The highest BCUT2D eigenvalue weighted by Gasteiger charge is 2.27. The van der Waals surface area contributed by atoms with Crippen molar-refractivity contribution in [2.24, 2.45) is 5.73 Å². The van der Waals surface area contributed by atoms with Gasteiger partial charge in [0.15, 0.2) is 0 Å². The SMILES string of the molecule is COCC(CC(=O)O)N1CCC(N)C1. The quantitative estimate of drug-likeness (QED) is 0.629. The van der Waals surface area contributed by atoms with Crippen LogP contribution in [0, 0.1) is 0 Å². The van der Waals surface area contributed by atoms with E-state index < -0.39 is 5.97 Å². The van der Waals surface area contributed by atoms with Crippen molar-refractivity contribution in [2.75, 3.05) is 26.8 Å². The zero-order chi connectivity index (χ0) is 10.6. The van der Waals surface area contributed by atoms with Crippen molar-refractivity contribution in [1.82, 2.24) is 4.90 Å². The molecule has 1 rings (SSSR count). The van der Waals surface area contributed by atoms with Gasteiger partial charge in [-0.1, -0.05) is 0 Å². The molecule has 0 aromatic carbocycles. The standard InChI is InChI=1S/C9H18N2O3/c1-14-6-8(4-9(12)13)11-3-2-7(10)5-11/h7-8H,2-6,10H2,1H3,(H,12,13). The molecule has 3 N–H and O–H groups in total. The Kier molecular flexibility index (Phi) is 4.31. The predicted molar refractivity (Wildman–Crippen MR) is 52.1 cm³/mol. The Bertz CT molecular complexity index is 198. The average molecular weight is 202 g/mol. The maximum Gasteiger partial charge on any atom is 0.305 e. The zero-order valence-electron chi connectivity index (χ0n) is 8.48. The van der Waals surface area contributed by atoms with Gasteiger partial charge < -0.3 is 15.6 Å². The summed E-state index contributed by atoms with van der Waals surface area (Å²) in [6.07, 6.45) is 1.07. The van der Waals surface area contributed by atoms with Gasteiger partial charge in [-0.25, -0.2) is 0 Å². The number of aliphatic carboxylic acids is 1. The molecule has 14 heavy (non-hydrogen) atoms. The number of methoxy groups -OCH3 is 1. The Hall–Kier alpha value is -0.650. The number of carboxylic acids is 1. The van der Waals surface area contributed by atoms with Crippen molar-refractivity contribution < 1.29 is 14.6 Å². The molecular weight excluding hydrogens is 184 g/mol. The molecule has 0 saturated carbocycles. The van der Waals surface area contributed by atoms with E-state index in [0.717, 1.165) is 19.5 Å². The normalized spacial score (nSPS) is 25.1. The van der Waals surface area contributed by atoms with E-state index in [0.29, 0.717) is 6.61 Å². The molecule has 1 saturated heterocycles. The molecule has 0 radical (unpaired) electrons. The lowest BCUT2D eigenvalue weighted by Gasteiger charge is -2.25. The van der Waals surface area contributed by atoms with Crippen molar-refractivity contribution in [3.8, 4) is 0 Å². The van der Waals surface area contributed by atoms with E-state index in [4.69, 9.17) is 15.6 Å². The topological polar surface area (TPSA) is 75.8 Å². The third-order valence-electron chi connectivity index (χ3n) is 2.54. The van der Waals surface area contributed by atoms with Crippen LogP contribution in [0.1, 0.15) is 12.8 Å². The number of carboxylic acid groups (broad SMARTS) is 1. The summed E-state index contributed by atoms with van der Waals surface area (Å²) >= 11 is 0. The van der Waals surface area contributed by atoms with Crippen LogP contribution in [0.25, 0.3) is 0 Å². The van der Waals surface area contributed by atoms with Gasteiger partial charge in [0.2, 0.25) is 0 Å². The molecule has 0 spiro atoms. The van der Waals surface area contributed by atoms with Crippen LogP contribution in [0.3, 0.4) is 0 Å². The second kappa shape index (κ2) is 5.29. The van der Waals surface area contributed by atoms with E-state index in [9.17, 15) is 4.79 Å². The molecular formula is C9H18N2O3. The Labute approximate surface area is 83.8 Å². The van der Waals surface area contributed by atoms with Crippen molar-refractivity contribution in [3.63, 3.8) is 0 Å². The van der Waals surface area contributed by atoms with E-state index in [-0.39, 0.29) is 18.5 Å². The molecule has 1 aliphatic rings. The van der Waals surface area contributed by atoms with Gasteiger partial charge in [0.05, 0.1) is 13.0 Å². The lowest BCUT2D eigenvalue weighted by Crippen LogP contribution is -2.39. The maximum absolute atomic E-state index is 10.6. The molecule has 0 aromatic heterocycles. The minimum absolute atomic E-state index is 0.0361. The van der Waals surface area contributed by atoms with Crippen molar-refractivity contribution in [2.45, 2.75) is 24.9 Å². The number of nitrogens with two attached hydrogens (primary N) is 1. The third kappa shape index (κ3) is 3.25. The summed E-state index contributed by atoms with van der Waals surface area (Å²) in [7, 11) is 1.59. The summed E-state index contributed by atoms with van der Waals surface area (Å²) < 4.78 is 5.01. The van der Waals surface area contributed by atoms with E-state index in [1.54, 1.807) is 7.11 Å². The molecule has 2 atom stereocenters. The highest BCUT2D eigenvalue weighted by molar-refractivity contribution is 5.67. The molecule has 1 fully saturated rings. The fraction of sp³-hybridized carbons (Fsp3) is 0.889. The Morgan fingerprint density at radius 1 is 1.79 bits per heavy atom. The first-order valence-corrected chi connectivity index (χ1v) is 4.84. The lowest BCUT2D eigenvalue weighted by atomic mass is 10.2. The minimum Gasteiger partial charge on any atom is -0.481 e. The van der Waals surface area contributed by atoms with Crippen molar-refractivity contribution in [3.05, 3.63) is 0 Å². The largest absolute Gasteiger partial charge is 0.481 e. The monoisotopic (exact) mass is 202 g/mol. The van der Waals surface area contributed by atoms with Crippen LogP contribution in [0.2, 0.25) is 0 Å². The molecule has 5 heteroatoms. The third-order valence-corrected chi connectivity index (χ3v) is 2.54. The second-order valence-corrected chi connectivity index (χ2v) is 3.75. The first kappa shape index (κ1) is 11.4. The number of hydrogen-bond donors (Lipinski definition) is 2. The fourth-order valence-corrected chi connectivity index (χ4v) is 1.83. The van der Waals surface area contributed by atoms with E-state index >= 15 is 0 Å². The summed E-state index contributed by atoms with van der Waals surface area (Å²) in [5.41, 5.74) is 5.76. The summed E-state index contributed by atoms with van der Waals surface area (Å²) in [6, 6.07) is 0.147. The molecule has 0 bridgehead atoms. The maximum atomic E-state index is 10.6. The van der Waals surface area contributed by atoms with Gasteiger partial charge in [-0.2, -0.15) is 0 Å². The van der Waals surface area contributed by atoms with Gasteiger partial charge in [-0.3, -0.25) is 9.69 Å². The summed E-state index contributed by atoms with van der Waals surface area (Å²) in [4.78, 5) is 12.7. The molecule has 0 aliphatic carbocycles. The van der Waals surface area contributed by atoms with Crippen molar-refractivity contribution in [1.29, 1.82) is 0 Å². The molecule has 1 heterocycles. The van der Waals surface area contributed by atoms with E-state index in [2.05, 4.69) is 4.90 Å². The summed E-state index contributed by atoms with van der Waals surface area (Å²) in [5.74, 6) is -0.785. The van der Waals surface area contributed by atoms with Crippen LogP contribution < -0.4 is 5.73 Å². The highest BCUT2D eigenvalue weighted by atomic mass is 16.5. The molecule has 82 valence electrons. The fourth-order valence-electron chi connectivity index (χ4n) is 1.83. The van der Waals surface area contributed by atoms with Crippen molar-refractivity contribution >= 4 is 5.97 Å². The van der Waals surface area contributed by atoms with Gasteiger partial charge in [0.1, 0.15) is 0 Å². The second-order valence-electron chi connectivity index (χ2n) is 3.75. The van der Waals surface area contributed by atoms with Crippen LogP contribution >= 0.6 is 0 Å². The number of rotatable bonds is 5. The van der Waals surface area contributed by atoms with Crippen LogP contribution in [0.4, 0.5) is 0 Å². The first-order chi connectivity index (χ1) is 6.63. The Morgan fingerprint density at radius 3 is 2.93 bits per heavy atom. The van der Waals surface area contributed by atoms with Crippen LogP contribution in [0.5, 0.6) is 0 Å². The zero-order valence-corrected chi connectivity index (χ0v) is 8.48. The highest BCUT2D eigenvalue weighted by Crippen LogP contribution is 2.13. The number of nitrogens with zero attached hydrogens (tertiary/aromatic N) is 1. The number of likely N-dealkylation sites (tertiary alicyclic amines) is 1. The van der Waals surface area contributed by atoms with Crippen LogP contribution in [-0.4, -0.2) is 54.9 Å². The van der Waals surface area contributed by atoms with Crippen LogP contribution in [0.15, 0.2) is 0 Å². The summed E-state index contributed by atoms with van der Waals surface area (Å²) in [5, 5.41) is 8.72. The van der Waals surface area contributed by atoms with Gasteiger partial charge in [0.25, 0.3) is 0 Å². The predicted octanol–water partition coefficient (Wildman–Crippen LogP) is -0.491. The number of carbonyl (C=O) groups is 1. The Balaban J connectivity index is 2.44. The molecule has 5 nitrogen and oxygen atoms in total. The molecule has 0 aromatic rings. The van der Waals surface area contributed by atoms with E-state index in [1.165, 1.54) is 0 Å². The molecule has 2 unspecified atom stereocenters. The smallest absolute Gasteiger partial charge is 0.305 e. The summed E-state index contributed by atoms with van der Waals surface area (Å²) in [6.45, 7) is 2.11. The first-order valence-electron chi connectivity index (χ1n) is 4.84. The van der Waals surface area contributed by atoms with Gasteiger partial charge >= 0.3 is 5.97 Å². The Morgan fingerprint density at radius 2 is 2.50 bits per heavy atom. The molecule has 0 amide bonds. The van der Waals surface area contributed by atoms with Gasteiger partial charge in [0, 0.05) is 32.3 Å². The number of ether oxygens (including phenoxy) is 1. The lowest BCUT2D eigenvalue weighted by molar-refractivity contribution is -0.138. The van der Waals surface area contributed by atoms with Gasteiger partial charge in [-0.05, 0) is 6.42 Å². The van der Waals surface area contributed by atoms with Gasteiger partial charge in [-0.15, -0.1) is 0 Å². The molecule has 1 aliphatic heterocycles. The minimum atomic E-state index is -0.785. The van der Waals surface area contributed by atoms with Crippen LogP contribution in [-0.2, 0) is 9.53 Å². The average Bonchev–Trinajstić information content (AvgIpc) is 2.50.